The minimum absolute atomic E-state index is 0.00331. The summed E-state index contributed by atoms with van der Waals surface area (Å²) in [6.45, 7) is 17.0. The molecule has 0 N–H and O–H groups in total. The van der Waals surface area contributed by atoms with Gasteiger partial charge < -0.3 is 0 Å². The van der Waals surface area contributed by atoms with E-state index >= 15 is 0 Å². The van der Waals surface area contributed by atoms with Gasteiger partial charge in [-0.3, -0.25) is 0 Å². The van der Waals surface area contributed by atoms with Crippen LogP contribution in [0.5, 0.6) is 0 Å². The molecule has 0 fully saturated rings. The smallest absolute Gasteiger partial charge is 0.0165 e. The first kappa shape index (κ1) is 25.5. The minimum Gasteiger partial charge on any atom is -0.0683 e. The van der Waals surface area contributed by atoms with Crippen LogP contribution in [0.2, 0.25) is 0 Å². The van der Waals surface area contributed by atoms with E-state index in [0.717, 1.165) is 0 Å². The SMILES string of the molecule is CC.CC.CC1(C)c2cc3ccccc3cc2-c2ccc3c(ccc4ccccc43)c21.CCC. The molecule has 0 amide bonds. The Labute approximate surface area is 206 Å². The fraction of sp³-hybridized carbons (Fsp3) is 0.294. The molecule has 0 heteroatoms. The maximum absolute atomic E-state index is 2.40. The summed E-state index contributed by atoms with van der Waals surface area (Å²) in [5, 5.41) is 8.04. The fourth-order valence-corrected chi connectivity index (χ4v) is 5.10. The van der Waals surface area contributed by atoms with E-state index in [0.29, 0.717) is 0 Å². The van der Waals surface area contributed by atoms with Gasteiger partial charge in [-0.15, -0.1) is 0 Å². The third-order valence-corrected chi connectivity index (χ3v) is 6.40. The third kappa shape index (κ3) is 4.23. The maximum Gasteiger partial charge on any atom is 0.0165 e. The van der Waals surface area contributed by atoms with E-state index in [4.69, 9.17) is 0 Å². The van der Waals surface area contributed by atoms with Crippen molar-refractivity contribution in [1.82, 2.24) is 0 Å². The zero-order valence-corrected chi connectivity index (χ0v) is 22.3. The number of fused-ring (bicyclic) bond motifs is 8. The Bertz CT molecular complexity index is 1400. The Kier molecular flexibility index (Phi) is 8.15. The van der Waals surface area contributed by atoms with Crippen LogP contribution in [0.1, 0.15) is 72.9 Å². The van der Waals surface area contributed by atoms with Crippen molar-refractivity contribution in [3.8, 4) is 11.1 Å². The highest BCUT2D eigenvalue weighted by Gasteiger charge is 2.37. The Balaban J connectivity index is 0.000000423. The second-order valence-corrected chi connectivity index (χ2v) is 8.95. The molecule has 34 heavy (non-hydrogen) atoms. The van der Waals surface area contributed by atoms with Crippen LogP contribution < -0.4 is 0 Å². The van der Waals surface area contributed by atoms with Crippen molar-refractivity contribution in [2.24, 2.45) is 0 Å². The van der Waals surface area contributed by atoms with Gasteiger partial charge in [-0.05, 0) is 66.7 Å². The van der Waals surface area contributed by atoms with E-state index < -0.39 is 0 Å². The van der Waals surface area contributed by atoms with Gasteiger partial charge in [0.05, 0.1) is 0 Å². The normalized spacial score (nSPS) is 12.5. The van der Waals surface area contributed by atoms with Crippen molar-refractivity contribution < 1.29 is 0 Å². The maximum atomic E-state index is 2.40. The first-order valence-electron chi connectivity index (χ1n) is 13.0. The zero-order valence-electron chi connectivity index (χ0n) is 22.3. The summed E-state index contributed by atoms with van der Waals surface area (Å²) >= 11 is 0. The minimum atomic E-state index is -0.00331. The number of benzene rings is 5. The lowest BCUT2D eigenvalue weighted by Crippen LogP contribution is -2.15. The Morgan fingerprint density at radius 2 is 1.06 bits per heavy atom. The van der Waals surface area contributed by atoms with Crippen molar-refractivity contribution >= 4 is 32.3 Å². The highest BCUT2D eigenvalue weighted by atomic mass is 14.4. The van der Waals surface area contributed by atoms with Crippen LogP contribution in [0.25, 0.3) is 43.4 Å². The molecule has 0 saturated heterocycles. The monoisotopic (exact) mass is 448 g/mol. The van der Waals surface area contributed by atoms with Gasteiger partial charge in [-0.25, -0.2) is 0 Å². The molecule has 5 aromatic rings. The molecule has 1 aliphatic rings. The lowest BCUT2D eigenvalue weighted by atomic mass is 9.79. The molecule has 6 rings (SSSR count). The van der Waals surface area contributed by atoms with Crippen LogP contribution in [0.3, 0.4) is 0 Å². The average Bonchev–Trinajstić information content (AvgIpc) is 3.11. The molecule has 0 heterocycles. The van der Waals surface area contributed by atoms with E-state index in [9.17, 15) is 0 Å². The van der Waals surface area contributed by atoms with Gasteiger partial charge in [0.2, 0.25) is 0 Å². The average molecular weight is 449 g/mol. The van der Waals surface area contributed by atoms with Crippen LogP contribution in [-0.2, 0) is 5.41 Å². The Morgan fingerprint density at radius 3 is 1.71 bits per heavy atom. The van der Waals surface area contributed by atoms with Crippen LogP contribution >= 0.6 is 0 Å². The van der Waals surface area contributed by atoms with Gasteiger partial charge in [0.1, 0.15) is 0 Å². The molecule has 0 radical (unpaired) electrons. The van der Waals surface area contributed by atoms with E-state index in [1.807, 2.05) is 27.7 Å². The number of hydrogen-bond acceptors (Lipinski definition) is 0. The zero-order chi connectivity index (χ0) is 24.9. The second-order valence-electron chi connectivity index (χ2n) is 8.95. The summed E-state index contributed by atoms with van der Waals surface area (Å²) in [5.74, 6) is 0. The van der Waals surface area contributed by atoms with Crippen LogP contribution in [0, 0.1) is 0 Å². The van der Waals surface area contributed by atoms with Gasteiger partial charge in [0.15, 0.2) is 0 Å². The van der Waals surface area contributed by atoms with Crippen LogP contribution in [0.15, 0.2) is 84.9 Å². The summed E-state index contributed by atoms with van der Waals surface area (Å²) in [7, 11) is 0. The largest absolute Gasteiger partial charge is 0.0683 e. The molecule has 176 valence electrons. The van der Waals surface area contributed by atoms with Gasteiger partial charge in [-0.1, -0.05) is 135 Å². The number of rotatable bonds is 0. The van der Waals surface area contributed by atoms with Crippen molar-refractivity contribution in [2.75, 3.05) is 0 Å². The molecular formula is C34H40. The first-order valence-corrected chi connectivity index (χ1v) is 13.0. The predicted molar refractivity (Wildman–Crippen MR) is 155 cm³/mol. The molecule has 0 spiro atoms. The van der Waals surface area contributed by atoms with Gasteiger partial charge in [-0.2, -0.15) is 0 Å². The van der Waals surface area contributed by atoms with E-state index in [2.05, 4.69) is 113 Å². The molecule has 0 atom stereocenters. The molecule has 5 aromatic carbocycles. The molecule has 0 unspecified atom stereocenters. The summed E-state index contributed by atoms with van der Waals surface area (Å²) in [4.78, 5) is 0. The van der Waals surface area contributed by atoms with Crippen LogP contribution in [0.4, 0.5) is 0 Å². The third-order valence-electron chi connectivity index (χ3n) is 6.40. The summed E-state index contributed by atoms with van der Waals surface area (Å²) in [5.41, 5.74) is 5.69. The highest BCUT2D eigenvalue weighted by molar-refractivity contribution is 6.11. The molecular weight excluding hydrogens is 408 g/mol. The van der Waals surface area contributed by atoms with E-state index in [1.165, 1.54) is 61.0 Å². The predicted octanol–water partition coefficient (Wildman–Crippen LogP) is 10.9. The molecule has 0 aromatic heterocycles. The topological polar surface area (TPSA) is 0 Å². The van der Waals surface area contributed by atoms with Crippen molar-refractivity contribution in [3.05, 3.63) is 96.1 Å². The lowest BCUT2D eigenvalue weighted by Gasteiger charge is -2.23. The Morgan fingerprint density at radius 1 is 0.529 bits per heavy atom. The van der Waals surface area contributed by atoms with Crippen molar-refractivity contribution in [1.29, 1.82) is 0 Å². The second kappa shape index (κ2) is 10.9. The lowest BCUT2D eigenvalue weighted by molar-refractivity contribution is 0.667. The fourth-order valence-electron chi connectivity index (χ4n) is 5.10. The summed E-state index contributed by atoms with van der Waals surface area (Å²) in [6, 6.07) is 31.4. The van der Waals surface area contributed by atoms with E-state index in [1.54, 1.807) is 0 Å². The van der Waals surface area contributed by atoms with Gasteiger partial charge in [0, 0.05) is 5.41 Å². The number of hydrogen-bond donors (Lipinski definition) is 0. The molecule has 0 saturated carbocycles. The van der Waals surface area contributed by atoms with Gasteiger partial charge in [0.25, 0.3) is 0 Å². The summed E-state index contributed by atoms with van der Waals surface area (Å²) in [6.07, 6.45) is 1.25. The molecule has 1 aliphatic carbocycles. The van der Waals surface area contributed by atoms with Crippen molar-refractivity contribution in [3.63, 3.8) is 0 Å². The molecule has 0 bridgehead atoms. The quantitative estimate of drug-likeness (QED) is 0.207. The van der Waals surface area contributed by atoms with Crippen molar-refractivity contribution in [2.45, 2.75) is 67.2 Å². The van der Waals surface area contributed by atoms with Crippen LogP contribution in [-0.4, -0.2) is 0 Å². The Hall–Kier alpha value is -3.12. The van der Waals surface area contributed by atoms with E-state index in [-0.39, 0.29) is 5.41 Å². The summed E-state index contributed by atoms with van der Waals surface area (Å²) < 4.78 is 0. The molecule has 0 aliphatic heterocycles. The highest BCUT2D eigenvalue weighted by Crippen LogP contribution is 2.52. The van der Waals surface area contributed by atoms with Gasteiger partial charge >= 0.3 is 0 Å². The molecule has 0 nitrogen and oxygen atoms in total. The standard InChI is InChI=1S/C27H20.C3H8.2C2H6/c1-27(2)25-16-19-9-4-3-8-18(19)15-24(25)23-14-13-21-20-10-6-5-7-17(20)11-12-22(21)26(23)27;1-3-2;2*1-2/h3-16H,1-2H3;3H2,1-2H3;2*1-2H3. The first-order chi connectivity index (χ1) is 16.6.